The van der Waals surface area contributed by atoms with E-state index in [1.807, 2.05) is 48.2 Å². The van der Waals surface area contributed by atoms with Crippen molar-refractivity contribution in [3.63, 3.8) is 0 Å². The Bertz CT molecular complexity index is 976. The average Bonchev–Trinajstić information content (AvgIpc) is 2.87. The Kier molecular flexibility index (Phi) is 7.63. The number of aromatic nitrogens is 1. The molecule has 1 aromatic carbocycles. The van der Waals surface area contributed by atoms with Crippen LogP contribution >= 0.6 is 0 Å². The van der Waals surface area contributed by atoms with Crippen LogP contribution in [0.15, 0.2) is 36.4 Å². The average molecular weight is 450 g/mol. The lowest BCUT2D eigenvalue weighted by atomic mass is 9.88. The number of pyridine rings is 1. The van der Waals surface area contributed by atoms with Crippen LogP contribution in [0.5, 0.6) is 5.75 Å². The van der Waals surface area contributed by atoms with Crippen LogP contribution in [0.25, 0.3) is 0 Å². The Morgan fingerprint density at radius 3 is 2.45 bits per heavy atom. The number of aryl methyl sites for hydroxylation is 1. The number of para-hydroxylation sites is 1. The van der Waals surface area contributed by atoms with Gasteiger partial charge in [0.25, 0.3) is 11.8 Å². The smallest absolute Gasteiger partial charge is 0.257 e. The summed E-state index contributed by atoms with van der Waals surface area (Å²) in [5.41, 5.74) is 3.07. The first kappa shape index (κ1) is 23.3. The molecule has 2 aromatic rings. The lowest BCUT2D eigenvalue weighted by Crippen LogP contribution is -2.39. The van der Waals surface area contributed by atoms with Gasteiger partial charge in [-0.1, -0.05) is 31.4 Å². The van der Waals surface area contributed by atoms with Gasteiger partial charge in [-0.3, -0.25) is 14.6 Å². The second-order valence-corrected chi connectivity index (χ2v) is 9.37. The van der Waals surface area contributed by atoms with E-state index >= 15 is 0 Å². The highest BCUT2D eigenvalue weighted by Gasteiger charge is 2.29. The molecule has 1 aliphatic carbocycles. The molecule has 1 aliphatic heterocycles. The lowest BCUT2D eigenvalue weighted by molar-refractivity contribution is 0.0707. The molecule has 1 saturated heterocycles. The van der Waals surface area contributed by atoms with Gasteiger partial charge < -0.3 is 15.0 Å². The second-order valence-electron chi connectivity index (χ2n) is 9.37. The van der Waals surface area contributed by atoms with Crippen molar-refractivity contribution in [2.75, 3.05) is 26.7 Å². The first-order chi connectivity index (χ1) is 16.1. The largest absolute Gasteiger partial charge is 0.496 e. The Morgan fingerprint density at radius 1 is 1.00 bits per heavy atom. The van der Waals surface area contributed by atoms with E-state index in [0.29, 0.717) is 35.9 Å². The molecule has 6 nitrogen and oxygen atoms in total. The van der Waals surface area contributed by atoms with Crippen LogP contribution < -0.4 is 10.1 Å². The molecule has 0 bridgehead atoms. The molecule has 176 valence electrons. The number of ether oxygens (including phenoxy) is 1. The Hall–Kier alpha value is -2.89. The summed E-state index contributed by atoms with van der Waals surface area (Å²) in [6.45, 7) is 3.99. The van der Waals surface area contributed by atoms with Gasteiger partial charge in [0.05, 0.1) is 23.9 Å². The molecule has 33 heavy (non-hydrogen) atoms. The zero-order chi connectivity index (χ0) is 23.2. The second kappa shape index (κ2) is 10.8. The summed E-state index contributed by atoms with van der Waals surface area (Å²) in [5.74, 6) is 1.34. The monoisotopic (exact) mass is 449 g/mol. The fourth-order valence-corrected chi connectivity index (χ4v) is 5.15. The van der Waals surface area contributed by atoms with Crippen molar-refractivity contribution in [2.45, 2.75) is 57.8 Å². The first-order valence-corrected chi connectivity index (χ1v) is 12.2. The Balaban J connectivity index is 1.42. The minimum Gasteiger partial charge on any atom is -0.496 e. The molecule has 0 spiro atoms. The van der Waals surface area contributed by atoms with Crippen molar-refractivity contribution in [3.8, 4) is 5.75 Å². The van der Waals surface area contributed by atoms with Crippen LogP contribution in [0.2, 0.25) is 0 Å². The van der Waals surface area contributed by atoms with E-state index in [4.69, 9.17) is 9.72 Å². The predicted molar refractivity (Wildman–Crippen MR) is 129 cm³/mol. The van der Waals surface area contributed by atoms with Crippen molar-refractivity contribution in [1.29, 1.82) is 0 Å². The molecule has 2 aliphatic rings. The van der Waals surface area contributed by atoms with E-state index in [1.165, 1.54) is 32.1 Å². The number of benzene rings is 1. The van der Waals surface area contributed by atoms with E-state index in [0.717, 1.165) is 30.8 Å². The maximum absolute atomic E-state index is 13.1. The molecule has 2 fully saturated rings. The highest BCUT2D eigenvalue weighted by Crippen LogP contribution is 2.31. The van der Waals surface area contributed by atoms with Crippen LogP contribution in [-0.2, 0) is 0 Å². The minimum atomic E-state index is -0.0180. The number of carbonyl (C=O) groups is 2. The molecule has 2 amide bonds. The van der Waals surface area contributed by atoms with Crippen LogP contribution in [-0.4, -0.2) is 48.4 Å². The van der Waals surface area contributed by atoms with Gasteiger partial charge in [-0.2, -0.15) is 0 Å². The molecule has 1 N–H and O–H groups in total. The molecule has 0 atom stereocenters. The van der Waals surface area contributed by atoms with Crippen molar-refractivity contribution < 1.29 is 14.3 Å². The molecular formula is C27H35N3O3. The van der Waals surface area contributed by atoms with Gasteiger partial charge in [0.1, 0.15) is 5.75 Å². The van der Waals surface area contributed by atoms with Crippen LogP contribution in [0.1, 0.15) is 83.0 Å². The number of nitrogens with zero attached hydrogens (tertiary/aromatic N) is 2. The van der Waals surface area contributed by atoms with E-state index < -0.39 is 0 Å². The molecule has 6 heteroatoms. The zero-order valence-corrected chi connectivity index (χ0v) is 19.8. The fourth-order valence-electron chi connectivity index (χ4n) is 5.15. The lowest BCUT2D eigenvalue weighted by Gasteiger charge is -2.33. The van der Waals surface area contributed by atoms with Crippen molar-refractivity contribution in [3.05, 3.63) is 58.9 Å². The van der Waals surface area contributed by atoms with Crippen molar-refractivity contribution in [2.24, 2.45) is 5.92 Å². The number of piperidine rings is 1. The number of amides is 2. The fraction of sp³-hybridized carbons (Fsp3) is 0.519. The highest BCUT2D eigenvalue weighted by molar-refractivity contribution is 5.97. The number of rotatable bonds is 6. The Labute approximate surface area is 196 Å². The quantitative estimate of drug-likeness (QED) is 0.692. The van der Waals surface area contributed by atoms with Crippen LogP contribution in [0.4, 0.5) is 0 Å². The molecule has 4 rings (SSSR count). The predicted octanol–water partition coefficient (Wildman–Crippen LogP) is 4.73. The summed E-state index contributed by atoms with van der Waals surface area (Å²) in [6.07, 6.45) is 7.85. The van der Waals surface area contributed by atoms with Crippen LogP contribution in [0.3, 0.4) is 0 Å². The van der Waals surface area contributed by atoms with E-state index in [1.54, 1.807) is 7.11 Å². The number of nitrogens with one attached hydrogen (secondary N) is 1. The summed E-state index contributed by atoms with van der Waals surface area (Å²) < 4.78 is 5.37. The molecule has 2 heterocycles. The topological polar surface area (TPSA) is 71.5 Å². The van der Waals surface area contributed by atoms with Crippen molar-refractivity contribution in [1.82, 2.24) is 15.2 Å². The summed E-state index contributed by atoms with van der Waals surface area (Å²) in [5, 5.41) is 3.17. The third-order valence-electron chi connectivity index (χ3n) is 7.09. The maximum atomic E-state index is 13.1. The van der Waals surface area contributed by atoms with Crippen LogP contribution in [0, 0.1) is 12.8 Å². The third kappa shape index (κ3) is 5.55. The standard InChI is InChI=1S/C27H35N3O3/c1-19-12-13-23(26(31)28-18-20-8-4-3-5-9-20)25(29-19)21-14-16-30(17-15-21)27(32)22-10-6-7-11-24(22)33-2/h6-7,10-13,20-21H,3-5,8-9,14-18H2,1-2H3,(H,28,31). The number of hydrogen-bond acceptors (Lipinski definition) is 4. The normalized spacial score (nSPS) is 17.6. The minimum absolute atomic E-state index is 0.00597. The van der Waals surface area contributed by atoms with E-state index in [2.05, 4.69) is 5.32 Å². The molecular weight excluding hydrogens is 414 g/mol. The zero-order valence-electron chi connectivity index (χ0n) is 19.8. The molecule has 0 unspecified atom stereocenters. The van der Waals surface area contributed by atoms with Crippen molar-refractivity contribution >= 4 is 11.8 Å². The van der Waals surface area contributed by atoms with E-state index in [9.17, 15) is 9.59 Å². The number of carbonyl (C=O) groups excluding carboxylic acids is 2. The summed E-state index contributed by atoms with van der Waals surface area (Å²) in [6, 6.07) is 11.2. The molecule has 0 radical (unpaired) electrons. The van der Waals surface area contributed by atoms with Gasteiger partial charge in [0, 0.05) is 31.2 Å². The number of likely N-dealkylation sites (tertiary alicyclic amines) is 1. The summed E-state index contributed by atoms with van der Waals surface area (Å²) >= 11 is 0. The van der Waals surface area contributed by atoms with Gasteiger partial charge in [-0.15, -0.1) is 0 Å². The number of methoxy groups -OCH3 is 1. The number of hydrogen-bond donors (Lipinski definition) is 1. The SMILES string of the molecule is COc1ccccc1C(=O)N1CCC(c2nc(C)ccc2C(=O)NCC2CCCCC2)CC1. The third-order valence-corrected chi connectivity index (χ3v) is 7.09. The van der Waals surface area contributed by atoms with Gasteiger partial charge in [-0.05, 0) is 62.8 Å². The van der Waals surface area contributed by atoms with E-state index in [-0.39, 0.29) is 17.7 Å². The highest BCUT2D eigenvalue weighted by atomic mass is 16.5. The first-order valence-electron chi connectivity index (χ1n) is 12.2. The van der Waals surface area contributed by atoms with Gasteiger partial charge in [-0.25, -0.2) is 0 Å². The van der Waals surface area contributed by atoms with Gasteiger partial charge in [0.15, 0.2) is 0 Å². The summed E-state index contributed by atoms with van der Waals surface area (Å²) in [4.78, 5) is 32.8. The summed E-state index contributed by atoms with van der Waals surface area (Å²) in [7, 11) is 1.59. The molecule has 1 saturated carbocycles. The van der Waals surface area contributed by atoms with Gasteiger partial charge >= 0.3 is 0 Å². The maximum Gasteiger partial charge on any atom is 0.257 e. The Morgan fingerprint density at radius 2 is 1.73 bits per heavy atom. The molecule has 1 aromatic heterocycles. The van der Waals surface area contributed by atoms with Gasteiger partial charge in [0.2, 0.25) is 0 Å².